The Bertz CT molecular complexity index is 1070. The van der Waals surface area contributed by atoms with Gasteiger partial charge >= 0.3 is 0 Å². The normalized spacial score (nSPS) is 23.5. The Morgan fingerprint density at radius 2 is 1.90 bits per heavy atom. The van der Waals surface area contributed by atoms with Crippen molar-refractivity contribution < 1.29 is 13.9 Å². The lowest BCUT2D eigenvalue weighted by Crippen LogP contribution is -2.55. The minimum atomic E-state index is -0.269. The molecule has 31 heavy (non-hydrogen) atoms. The molecule has 3 heterocycles. The third-order valence-corrected chi connectivity index (χ3v) is 6.42. The summed E-state index contributed by atoms with van der Waals surface area (Å²) in [5.74, 6) is 0.855. The van der Waals surface area contributed by atoms with Gasteiger partial charge in [-0.05, 0) is 39.1 Å². The molecule has 0 aromatic heterocycles. The molecule has 1 amide bonds. The van der Waals surface area contributed by atoms with Gasteiger partial charge in [-0.15, -0.1) is 0 Å². The van der Waals surface area contributed by atoms with Crippen LogP contribution in [0.1, 0.15) is 13.8 Å². The minimum Gasteiger partial charge on any atom is -0.483 e. The van der Waals surface area contributed by atoms with E-state index >= 15 is 0 Å². The summed E-state index contributed by atoms with van der Waals surface area (Å²) < 4.78 is 20.8. The van der Waals surface area contributed by atoms with Crippen molar-refractivity contribution in [3.63, 3.8) is 0 Å². The minimum absolute atomic E-state index is 0.169. The number of fused-ring (bicyclic) bond motifs is 3. The summed E-state index contributed by atoms with van der Waals surface area (Å²) in [4.78, 5) is 18.6. The molecule has 2 atom stereocenters. The molecule has 0 saturated carbocycles. The van der Waals surface area contributed by atoms with E-state index in [0.29, 0.717) is 23.2 Å². The number of nitrogens with one attached hydrogen (secondary N) is 1. The third kappa shape index (κ3) is 3.40. The average molecular weight is 423 g/mol. The van der Waals surface area contributed by atoms with E-state index in [9.17, 15) is 9.18 Å². The highest BCUT2D eigenvalue weighted by molar-refractivity contribution is 6.08. The second kappa shape index (κ2) is 7.53. The van der Waals surface area contributed by atoms with E-state index in [1.165, 1.54) is 6.07 Å². The number of hydrazone groups is 1. The molecule has 3 aliphatic rings. The van der Waals surface area contributed by atoms with E-state index in [4.69, 9.17) is 4.74 Å². The molecule has 0 radical (unpaired) electrons. The summed E-state index contributed by atoms with van der Waals surface area (Å²) >= 11 is 0. The molecular weight excluding hydrogens is 397 g/mol. The third-order valence-electron chi connectivity index (χ3n) is 6.42. The van der Waals surface area contributed by atoms with Gasteiger partial charge in [-0.1, -0.05) is 18.2 Å². The summed E-state index contributed by atoms with van der Waals surface area (Å²) in [6.45, 7) is 6.55. The highest BCUT2D eigenvalue weighted by Crippen LogP contribution is 2.44. The number of piperazine rings is 1. The summed E-state index contributed by atoms with van der Waals surface area (Å²) in [6, 6.07) is 11.4. The molecule has 7 nitrogen and oxygen atoms in total. The number of halogens is 1. The number of nitrogens with zero attached hydrogens (tertiary/aromatic N) is 4. The maximum Gasteiger partial charge on any atom is 0.260 e. The van der Waals surface area contributed by atoms with Crippen molar-refractivity contribution in [2.45, 2.75) is 25.9 Å². The molecule has 0 bridgehead atoms. The fraction of sp³-hybridized carbons (Fsp3) is 0.391. The fourth-order valence-corrected chi connectivity index (χ4v) is 4.59. The van der Waals surface area contributed by atoms with E-state index in [2.05, 4.69) is 41.2 Å². The number of anilines is 2. The van der Waals surface area contributed by atoms with Gasteiger partial charge in [0.15, 0.2) is 5.84 Å². The van der Waals surface area contributed by atoms with Gasteiger partial charge in [0.2, 0.25) is 0 Å². The highest BCUT2D eigenvalue weighted by atomic mass is 19.1. The van der Waals surface area contributed by atoms with Crippen LogP contribution in [0.3, 0.4) is 0 Å². The van der Waals surface area contributed by atoms with Gasteiger partial charge in [0, 0.05) is 42.0 Å². The van der Waals surface area contributed by atoms with Crippen molar-refractivity contribution in [2.24, 2.45) is 5.10 Å². The van der Waals surface area contributed by atoms with E-state index < -0.39 is 0 Å². The molecule has 5 rings (SSSR count). The maximum absolute atomic E-state index is 14.9. The first kappa shape index (κ1) is 19.8. The van der Waals surface area contributed by atoms with Crippen molar-refractivity contribution in [3.05, 3.63) is 42.2 Å². The monoisotopic (exact) mass is 423 g/mol. The predicted molar refractivity (Wildman–Crippen MR) is 119 cm³/mol. The summed E-state index contributed by atoms with van der Waals surface area (Å²) in [6.07, 6.45) is 0. The number of carbonyl (C=O) groups is 1. The summed E-state index contributed by atoms with van der Waals surface area (Å²) in [5.41, 5.74) is 5.57. The zero-order valence-electron chi connectivity index (χ0n) is 17.9. The van der Waals surface area contributed by atoms with Crippen molar-refractivity contribution in [3.8, 4) is 16.9 Å². The van der Waals surface area contributed by atoms with Crippen molar-refractivity contribution in [2.75, 3.05) is 43.1 Å². The van der Waals surface area contributed by atoms with Crippen LogP contribution in [0.15, 0.2) is 41.5 Å². The van der Waals surface area contributed by atoms with Gasteiger partial charge in [-0.2, -0.15) is 5.10 Å². The number of benzene rings is 2. The Morgan fingerprint density at radius 3 is 2.71 bits per heavy atom. The number of amidine groups is 1. The van der Waals surface area contributed by atoms with Crippen LogP contribution in [0.5, 0.6) is 5.75 Å². The topological polar surface area (TPSA) is 60.4 Å². The molecule has 1 N–H and O–H groups in total. The Hall–Kier alpha value is -3.13. The second-order valence-electron chi connectivity index (χ2n) is 8.54. The Balaban J connectivity index is 1.68. The van der Waals surface area contributed by atoms with E-state index in [1.807, 2.05) is 23.1 Å². The number of hydrogen-bond acceptors (Lipinski definition) is 6. The molecule has 3 aliphatic heterocycles. The number of likely N-dealkylation sites (N-methyl/N-ethyl adjacent to an activating group) is 1. The molecule has 8 heteroatoms. The van der Waals surface area contributed by atoms with Crippen LogP contribution < -0.4 is 20.0 Å². The zero-order valence-corrected chi connectivity index (χ0v) is 17.9. The molecular formula is C23H26FN5O2. The quantitative estimate of drug-likeness (QED) is 0.805. The summed E-state index contributed by atoms with van der Waals surface area (Å²) in [5, 5.41) is 4.14. The first-order chi connectivity index (χ1) is 14.9. The van der Waals surface area contributed by atoms with Crippen molar-refractivity contribution in [1.82, 2.24) is 10.3 Å². The average Bonchev–Trinajstić information content (AvgIpc) is 2.76. The Labute approximate surface area is 181 Å². The predicted octanol–water partition coefficient (Wildman–Crippen LogP) is 2.66. The molecule has 2 aromatic rings. The number of amides is 1. The van der Waals surface area contributed by atoms with Crippen molar-refractivity contribution >= 4 is 23.1 Å². The van der Waals surface area contributed by atoms with Gasteiger partial charge in [0.05, 0.1) is 5.69 Å². The molecule has 162 valence electrons. The first-order valence-corrected chi connectivity index (χ1v) is 10.6. The lowest BCUT2D eigenvalue weighted by molar-refractivity contribution is -0.119. The van der Waals surface area contributed by atoms with Gasteiger partial charge in [0.1, 0.15) is 24.7 Å². The van der Waals surface area contributed by atoms with Gasteiger partial charge in [-0.25, -0.2) is 9.82 Å². The smallest absolute Gasteiger partial charge is 0.260 e. The van der Waals surface area contributed by atoms with Crippen LogP contribution in [0.4, 0.5) is 15.8 Å². The largest absolute Gasteiger partial charge is 0.483 e. The molecule has 0 aliphatic carbocycles. The lowest BCUT2D eigenvalue weighted by atomic mass is 9.97. The van der Waals surface area contributed by atoms with Gasteiger partial charge in [-0.3, -0.25) is 9.69 Å². The number of rotatable bonds is 2. The maximum atomic E-state index is 14.9. The van der Waals surface area contributed by atoms with Crippen LogP contribution in [0.25, 0.3) is 11.1 Å². The van der Waals surface area contributed by atoms with Crippen LogP contribution in [0.2, 0.25) is 0 Å². The molecule has 0 spiro atoms. The van der Waals surface area contributed by atoms with Gasteiger partial charge in [0.25, 0.3) is 5.91 Å². The van der Waals surface area contributed by atoms with Crippen LogP contribution >= 0.6 is 0 Å². The highest BCUT2D eigenvalue weighted by Gasteiger charge is 2.34. The van der Waals surface area contributed by atoms with Gasteiger partial charge < -0.3 is 14.5 Å². The molecule has 1 saturated heterocycles. The van der Waals surface area contributed by atoms with E-state index in [1.54, 1.807) is 12.1 Å². The summed E-state index contributed by atoms with van der Waals surface area (Å²) in [7, 11) is 2.13. The van der Waals surface area contributed by atoms with E-state index in [-0.39, 0.29) is 30.9 Å². The number of ether oxygens (including phenoxy) is 1. The fourth-order valence-electron chi connectivity index (χ4n) is 4.59. The van der Waals surface area contributed by atoms with Crippen LogP contribution in [-0.2, 0) is 4.79 Å². The molecule has 1 fully saturated rings. The van der Waals surface area contributed by atoms with E-state index in [0.717, 1.165) is 30.0 Å². The van der Waals surface area contributed by atoms with Crippen molar-refractivity contribution in [1.29, 1.82) is 0 Å². The second-order valence-corrected chi connectivity index (χ2v) is 8.54. The zero-order chi connectivity index (χ0) is 21.7. The standard InChI is InChI=1S/C23H26FN5O2/c1-14-11-28(15(2)10-27(14)3)19-9-20-21(8-17(19)16-6-4-5-7-18(16)24)31-13-22-25-26-23(30)12-29(20)22/h4-9,14-15H,10-13H2,1-3H3,(H,26,30)/t14-,15-/m0/s1. The Kier molecular flexibility index (Phi) is 4.81. The number of carbonyl (C=O) groups excluding carboxylic acids is 1. The van der Waals surface area contributed by atoms with Crippen LogP contribution in [0, 0.1) is 5.82 Å². The van der Waals surface area contributed by atoms with Crippen LogP contribution in [-0.4, -0.2) is 62.0 Å². The molecule has 0 unspecified atom stereocenters. The SMILES string of the molecule is C[C@H]1CN(c2cc3c(cc2-c2ccccc2F)OCC2=NNC(=O)CN23)[C@@H](C)CN1C. The molecule has 2 aromatic carbocycles. The first-order valence-electron chi connectivity index (χ1n) is 10.6. The Morgan fingerprint density at radius 1 is 1.10 bits per heavy atom. The number of hydrogen-bond donors (Lipinski definition) is 1. The lowest BCUT2D eigenvalue weighted by Gasteiger charge is -2.45.